The number of fused-ring (bicyclic) bond motifs is 1. The van der Waals surface area contributed by atoms with Gasteiger partial charge in [0, 0.05) is 39.7 Å². The summed E-state index contributed by atoms with van der Waals surface area (Å²) in [5, 5.41) is 0. The maximum Gasteiger partial charge on any atom is 0.266 e. The molecule has 6 aromatic rings. The number of imidazole rings is 1. The standard InChI is InChI=1S/C34H27N2O2/c1-3-9-24(10-4-1)32(25-11-5-2-6-12-25)36-18-17-35-30-21-34(26-15-19-37-22-26,27-16-20-38-23-27)31(33(35)36)29-14-8-7-13-28(29)30/h1-20,22-23,30-32H,21H2/q+1/t30-,31+/m1/s1. The summed E-state index contributed by atoms with van der Waals surface area (Å²) in [5.74, 6) is 1.38. The molecule has 0 fully saturated rings. The first-order chi connectivity index (χ1) is 18.9. The molecule has 9 rings (SSSR count). The molecular weight excluding hydrogens is 468 g/mol. The molecule has 2 atom stereocenters. The average molecular weight is 496 g/mol. The molecule has 0 N–H and O–H groups in total. The molecule has 0 saturated carbocycles. The van der Waals surface area contributed by atoms with E-state index in [-0.39, 0.29) is 23.4 Å². The smallest absolute Gasteiger partial charge is 0.266 e. The number of furan rings is 2. The molecule has 0 saturated heterocycles. The summed E-state index contributed by atoms with van der Waals surface area (Å²) in [5.41, 5.74) is 7.40. The lowest BCUT2D eigenvalue weighted by Crippen LogP contribution is -2.60. The van der Waals surface area contributed by atoms with Crippen molar-refractivity contribution in [1.29, 1.82) is 0 Å². The van der Waals surface area contributed by atoms with Crippen LogP contribution < -0.4 is 4.57 Å². The largest absolute Gasteiger partial charge is 0.472 e. The molecule has 0 unspecified atom stereocenters. The van der Waals surface area contributed by atoms with Gasteiger partial charge in [0.05, 0.1) is 25.1 Å². The van der Waals surface area contributed by atoms with Crippen molar-refractivity contribution < 1.29 is 13.4 Å². The maximum absolute atomic E-state index is 5.73. The Bertz CT molecular complexity index is 1630. The summed E-state index contributed by atoms with van der Waals surface area (Å²) in [4.78, 5) is 0. The summed E-state index contributed by atoms with van der Waals surface area (Å²) in [6.45, 7) is 0. The molecule has 3 aliphatic rings. The van der Waals surface area contributed by atoms with Gasteiger partial charge in [0.15, 0.2) is 6.04 Å². The van der Waals surface area contributed by atoms with E-state index in [0.29, 0.717) is 0 Å². The van der Waals surface area contributed by atoms with Crippen molar-refractivity contribution in [2.45, 2.75) is 29.8 Å². The van der Waals surface area contributed by atoms with Crippen LogP contribution in [0.4, 0.5) is 0 Å². The molecule has 184 valence electrons. The van der Waals surface area contributed by atoms with Crippen molar-refractivity contribution >= 4 is 0 Å². The van der Waals surface area contributed by atoms with E-state index in [4.69, 9.17) is 8.83 Å². The zero-order valence-corrected chi connectivity index (χ0v) is 20.9. The highest BCUT2D eigenvalue weighted by molar-refractivity contribution is 5.53. The first kappa shape index (κ1) is 21.5. The SMILES string of the molecule is c1ccc(C(c2ccccc2)n2cc[n+]3c2[C@@H]2c4ccccc4[C@H]3CC2(c2ccoc2)c2ccoc2)cc1. The third-order valence-corrected chi connectivity index (χ3v) is 8.77. The Labute approximate surface area is 221 Å². The van der Waals surface area contributed by atoms with Crippen LogP contribution in [-0.4, -0.2) is 4.57 Å². The van der Waals surface area contributed by atoms with Gasteiger partial charge < -0.3 is 8.83 Å². The van der Waals surface area contributed by atoms with Gasteiger partial charge in [-0.1, -0.05) is 84.9 Å². The van der Waals surface area contributed by atoms with Gasteiger partial charge in [-0.15, -0.1) is 0 Å². The number of aromatic nitrogens is 2. The van der Waals surface area contributed by atoms with Gasteiger partial charge in [-0.2, -0.15) is 0 Å². The average Bonchev–Trinajstić information content (AvgIpc) is 3.78. The van der Waals surface area contributed by atoms with E-state index in [1.165, 1.54) is 39.2 Å². The quantitative estimate of drug-likeness (QED) is 0.241. The Balaban J connectivity index is 1.44. The second-order valence-corrected chi connectivity index (χ2v) is 10.5. The first-order valence-electron chi connectivity index (χ1n) is 13.2. The summed E-state index contributed by atoms with van der Waals surface area (Å²) in [7, 11) is 0. The van der Waals surface area contributed by atoms with Gasteiger partial charge in [0.2, 0.25) is 0 Å². The predicted octanol–water partition coefficient (Wildman–Crippen LogP) is 7.02. The Morgan fingerprint density at radius 1 is 0.711 bits per heavy atom. The topological polar surface area (TPSA) is 35.1 Å². The van der Waals surface area contributed by atoms with Crippen molar-refractivity contribution in [2.75, 3.05) is 0 Å². The van der Waals surface area contributed by atoms with E-state index in [1.54, 1.807) is 12.5 Å². The monoisotopic (exact) mass is 495 g/mol. The molecule has 0 amide bonds. The van der Waals surface area contributed by atoms with Gasteiger partial charge in [0.25, 0.3) is 5.82 Å². The van der Waals surface area contributed by atoms with Crippen LogP contribution in [0, 0.1) is 0 Å². The minimum atomic E-state index is -0.312. The van der Waals surface area contributed by atoms with Crippen LogP contribution in [0.15, 0.2) is 143 Å². The second-order valence-electron chi connectivity index (χ2n) is 10.5. The molecule has 5 heterocycles. The van der Waals surface area contributed by atoms with E-state index in [1.807, 2.05) is 12.5 Å². The molecule has 3 aromatic heterocycles. The number of rotatable bonds is 5. The lowest BCUT2D eigenvalue weighted by atomic mass is 9.55. The number of hydrogen-bond donors (Lipinski definition) is 0. The van der Waals surface area contributed by atoms with Crippen LogP contribution in [0.3, 0.4) is 0 Å². The molecular formula is C34H27N2O2+. The maximum atomic E-state index is 5.73. The lowest BCUT2D eigenvalue weighted by Gasteiger charge is -2.49. The summed E-state index contributed by atoms with van der Waals surface area (Å²) >= 11 is 0. The Morgan fingerprint density at radius 2 is 1.29 bits per heavy atom. The van der Waals surface area contributed by atoms with Crippen LogP contribution in [0.1, 0.15) is 63.6 Å². The third-order valence-electron chi connectivity index (χ3n) is 8.77. The van der Waals surface area contributed by atoms with Crippen molar-refractivity contribution in [3.63, 3.8) is 0 Å². The van der Waals surface area contributed by atoms with Crippen molar-refractivity contribution in [2.24, 2.45) is 0 Å². The third kappa shape index (κ3) is 2.89. The number of benzene rings is 3. The molecule has 2 aliphatic heterocycles. The molecule has 1 aliphatic carbocycles. The van der Waals surface area contributed by atoms with Gasteiger partial charge in [-0.05, 0) is 17.7 Å². The highest BCUT2D eigenvalue weighted by Gasteiger charge is 2.61. The van der Waals surface area contributed by atoms with E-state index in [9.17, 15) is 0 Å². The van der Waals surface area contributed by atoms with Crippen LogP contribution in [0.25, 0.3) is 0 Å². The summed E-state index contributed by atoms with van der Waals surface area (Å²) < 4.78 is 16.5. The van der Waals surface area contributed by atoms with E-state index in [0.717, 1.165) is 6.42 Å². The van der Waals surface area contributed by atoms with E-state index in [2.05, 4.69) is 119 Å². The first-order valence-corrected chi connectivity index (χ1v) is 13.2. The molecule has 2 bridgehead atoms. The highest BCUT2D eigenvalue weighted by atomic mass is 16.3. The minimum absolute atomic E-state index is 0.0477. The van der Waals surface area contributed by atoms with Crippen LogP contribution >= 0.6 is 0 Å². The number of nitrogens with zero attached hydrogens (tertiary/aromatic N) is 2. The fourth-order valence-corrected chi connectivity index (χ4v) is 7.25. The number of hydrogen-bond acceptors (Lipinski definition) is 2. The molecule has 4 nitrogen and oxygen atoms in total. The van der Waals surface area contributed by atoms with Crippen molar-refractivity contribution in [3.8, 4) is 0 Å². The highest BCUT2D eigenvalue weighted by Crippen LogP contribution is 2.60. The van der Waals surface area contributed by atoms with Crippen LogP contribution in [0.5, 0.6) is 0 Å². The Morgan fingerprint density at radius 3 is 1.87 bits per heavy atom. The van der Waals surface area contributed by atoms with Crippen LogP contribution in [0.2, 0.25) is 0 Å². The zero-order valence-electron chi connectivity index (χ0n) is 20.9. The second kappa shape index (κ2) is 8.22. The van der Waals surface area contributed by atoms with E-state index >= 15 is 0 Å². The minimum Gasteiger partial charge on any atom is -0.472 e. The summed E-state index contributed by atoms with van der Waals surface area (Å²) in [6, 6.07) is 35.2. The normalized spacial score (nSPS) is 18.9. The van der Waals surface area contributed by atoms with Crippen molar-refractivity contribution in [3.05, 3.63) is 174 Å². The fraction of sp³-hybridized carbons (Fsp3) is 0.147. The fourth-order valence-electron chi connectivity index (χ4n) is 7.25. The zero-order chi connectivity index (χ0) is 25.1. The van der Waals surface area contributed by atoms with Gasteiger partial charge in [-0.25, -0.2) is 9.13 Å². The van der Waals surface area contributed by atoms with Gasteiger partial charge in [0.1, 0.15) is 24.4 Å². The summed E-state index contributed by atoms with van der Waals surface area (Å²) in [6.07, 6.45) is 13.0. The Hall–Kier alpha value is -4.57. The predicted molar refractivity (Wildman–Crippen MR) is 144 cm³/mol. The van der Waals surface area contributed by atoms with Crippen LogP contribution in [-0.2, 0) is 5.41 Å². The Kier molecular flexibility index (Phi) is 4.65. The molecule has 0 radical (unpaired) electrons. The molecule has 0 spiro atoms. The lowest BCUT2D eigenvalue weighted by molar-refractivity contribution is -0.732. The molecule has 38 heavy (non-hydrogen) atoms. The van der Waals surface area contributed by atoms with Gasteiger partial charge in [-0.3, -0.25) is 0 Å². The van der Waals surface area contributed by atoms with E-state index < -0.39 is 0 Å². The molecule has 4 heteroatoms. The van der Waals surface area contributed by atoms with Crippen molar-refractivity contribution in [1.82, 2.24) is 4.57 Å². The molecule has 3 aromatic carbocycles. The van der Waals surface area contributed by atoms with Gasteiger partial charge >= 0.3 is 0 Å².